The Balaban J connectivity index is 1.14. The number of carbonyl (C=O) groups is 3. The fourth-order valence-electron chi connectivity index (χ4n) is 4.44. The third-order valence-corrected chi connectivity index (χ3v) is 7.85. The van der Waals surface area contributed by atoms with E-state index in [1.807, 2.05) is 18.9 Å². The molecular weight excluding hydrogens is 602 g/mol. The van der Waals surface area contributed by atoms with Crippen LogP contribution in [0.15, 0.2) is 36.5 Å². The highest BCUT2D eigenvalue weighted by Crippen LogP contribution is 2.27. The Kier molecular flexibility index (Phi) is 9.03. The van der Waals surface area contributed by atoms with Crippen molar-refractivity contribution in [1.82, 2.24) is 51.2 Å². The molecule has 4 aromatic heterocycles. The molecule has 4 heterocycles. The summed E-state index contributed by atoms with van der Waals surface area (Å²) in [4.78, 5) is 56.6. The normalized spacial score (nSPS) is 11.7. The standard InChI is InChI=1S/C27H29N13O4S/c1-13-5-6-15(16(10-13)22-36-38-39-37-22)24(41)30-9-3-4-17(26(43)44)33-25(42)18-7-8-19(45-18)40(2)12-14-11-31-23-20(32-14)21(28)34-27(29)35-23/h5-8,10-11,17H,3-4,9,12H2,1-2H3,(H,30,41)(H,33,42)(H,43,44)(H,36,37,38,39)(H4,28,29,31,34,35)/t17-/m0/s1. The van der Waals surface area contributed by atoms with Crippen molar-refractivity contribution in [1.29, 1.82) is 0 Å². The smallest absolute Gasteiger partial charge is 0.326 e. The van der Waals surface area contributed by atoms with E-state index in [0.29, 0.717) is 40.2 Å². The number of carboxylic acids is 1. The number of amides is 2. The van der Waals surface area contributed by atoms with Crippen LogP contribution >= 0.6 is 11.3 Å². The molecule has 1 aromatic carbocycles. The minimum Gasteiger partial charge on any atom is -0.480 e. The monoisotopic (exact) mass is 631 g/mol. The predicted molar refractivity (Wildman–Crippen MR) is 165 cm³/mol. The molecule has 0 bridgehead atoms. The zero-order valence-electron chi connectivity index (χ0n) is 24.2. The number of carboxylic acid groups (broad SMARTS) is 1. The van der Waals surface area contributed by atoms with E-state index >= 15 is 0 Å². The molecule has 0 fully saturated rings. The topological polar surface area (TPSA) is 257 Å². The number of aromatic amines is 1. The molecule has 2 amide bonds. The number of nitrogens with one attached hydrogen (secondary N) is 3. The first kappa shape index (κ1) is 30.7. The van der Waals surface area contributed by atoms with E-state index in [1.54, 1.807) is 36.5 Å². The van der Waals surface area contributed by atoms with Crippen LogP contribution in [0.3, 0.4) is 0 Å². The van der Waals surface area contributed by atoms with E-state index in [2.05, 4.69) is 51.2 Å². The third-order valence-electron chi connectivity index (χ3n) is 6.66. The molecular formula is C27H29N13O4S. The lowest BCUT2D eigenvalue weighted by Crippen LogP contribution is -2.41. The second kappa shape index (κ2) is 13.2. The van der Waals surface area contributed by atoms with Crippen molar-refractivity contribution in [3.05, 3.63) is 58.2 Å². The third kappa shape index (κ3) is 7.24. The Hall–Kier alpha value is -5.78. The molecule has 0 saturated carbocycles. The number of fused-ring (bicyclic) bond motifs is 1. The van der Waals surface area contributed by atoms with Crippen LogP contribution < -0.4 is 27.0 Å². The maximum Gasteiger partial charge on any atom is 0.326 e. The number of aryl methyl sites for hydroxylation is 1. The molecule has 0 aliphatic rings. The number of nitrogen functional groups attached to an aromatic ring is 2. The Morgan fingerprint density at radius 3 is 2.69 bits per heavy atom. The quantitative estimate of drug-likeness (QED) is 0.106. The van der Waals surface area contributed by atoms with E-state index in [1.165, 1.54) is 11.3 Å². The van der Waals surface area contributed by atoms with E-state index in [9.17, 15) is 19.5 Å². The Labute approximate surface area is 259 Å². The highest BCUT2D eigenvalue weighted by Gasteiger charge is 2.22. The van der Waals surface area contributed by atoms with Gasteiger partial charge in [0.15, 0.2) is 17.0 Å². The summed E-state index contributed by atoms with van der Waals surface area (Å²) in [6.07, 6.45) is 1.96. The summed E-state index contributed by atoms with van der Waals surface area (Å²) in [6.45, 7) is 2.42. The molecule has 1 atom stereocenters. The number of anilines is 3. The molecule has 8 N–H and O–H groups in total. The van der Waals surface area contributed by atoms with Gasteiger partial charge in [-0.3, -0.25) is 9.59 Å². The zero-order chi connectivity index (χ0) is 32.1. The van der Waals surface area contributed by atoms with Crippen LogP contribution in [-0.4, -0.2) is 83.1 Å². The number of nitrogens with two attached hydrogens (primary N) is 2. The number of hydrogen-bond acceptors (Lipinski definition) is 14. The van der Waals surface area contributed by atoms with Crippen molar-refractivity contribution in [3.63, 3.8) is 0 Å². The Morgan fingerprint density at radius 2 is 1.93 bits per heavy atom. The van der Waals surface area contributed by atoms with Gasteiger partial charge < -0.3 is 32.1 Å². The van der Waals surface area contributed by atoms with Gasteiger partial charge in [-0.25, -0.2) is 14.8 Å². The lowest BCUT2D eigenvalue weighted by atomic mass is 10.0. The molecule has 0 radical (unpaired) electrons. The van der Waals surface area contributed by atoms with Crippen LogP contribution in [-0.2, 0) is 11.3 Å². The molecule has 0 spiro atoms. The van der Waals surface area contributed by atoms with Crippen molar-refractivity contribution in [2.45, 2.75) is 32.4 Å². The van der Waals surface area contributed by atoms with E-state index < -0.39 is 17.9 Å². The molecule has 0 unspecified atom stereocenters. The van der Waals surface area contributed by atoms with Gasteiger partial charge in [0.25, 0.3) is 11.8 Å². The lowest BCUT2D eigenvalue weighted by molar-refractivity contribution is -0.139. The van der Waals surface area contributed by atoms with Crippen LogP contribution in [0, 0.1) is 6.92 Å². The van der Waals surface area contributed by atoms with Crippen LogP contribution in [0.25, 0.3) is 22.6 Å². The SMILES string of the molecule is Cc1ccc(C(=O)NCCC[C@H](NC(=O)c2ccc(N(C)Cc3cnc4nc(N)nc(N)c4n3)s2)C(=O)O)c(-c2nn[nH]n2)c1. The van der Waals surface area contributed by atoms with E-state index in [-0.39, 0.29) is 42.1 Å². The summed E-state index contributed by atoms with van der Waals surface area (Å²) in [5.74, 6) is -1.64. The molecule has 5 rings (SSSR count). The van der Waals surface area contributed by atoms with Crippen LogP contribution in [0.4, 0.5) is 16.8 Å². The van der Waals surface area contributed by atoms with Crippen molar-refractivity contribution in [2.24, 2.45) is 0 Å². The first-order chi connectivity index (χ1) is 21.6. The van der Waals surface area contributed by atoms with Crippen LogP contribution in [0.2, 0.25) is 0 Å². The van der Waals surface area contributed by atoms with Crippen LogP contribution in [0.5, 0.6) is 0 Å². The number of rotatable bonds is 12. The van der Waals surface area contributed by atoms with Gasteiger partial charge in [-0.05, 0) is 49.2 Å². The summed E-state index contributed by atoms with van der Waals surface area (Å²) >= 11 is 1.19. The number of benzene rings is 1. The number of aliphatic carboxylic acids is 1. The molecule has 0 aliphatic carbocycles. The van der Waals surface area contributed by atoms with Crippen LogP contribution in [0.1, 0.15) is 44.1 Å². The number of thiophene rings is 1. The van der Waals surface area contributed by atoms with Crippen molar-refractivity contribution >= 4 is 57.1 Å². The fourth-order valence-corrected chi connectivity index (χ4v) is 5.31. The van der Waals surface area contributed by atoms with E-state index in [0.717, 1.165) is 10.6 Å². The van der Waals surface area contributed by atoms with Gasteiger partial charge in [0.05, 0.1) is 33.9 Å². The molecule has 0 saturated heterocycles. The minimum atomic E-state index is -1.18. The second-order valence-corrected chi connectivity index (χ2v) is 11.1. The number of carbonyl (C=O) groups excluding carboxylic acids is 2. The maximum atomic E-state index is 12.9. The van der Waals surface area contributed by atoms with Gasteiger partial charge in [-0.15, -0.1) is 21.5 Å². The van der Waals surface area contributed by atoms with Gasteiger partial charge in [-0.2, -0.15) is 15.2 Å². The number of aromatic nitrogens is 8. The molecule has 17 nitrogen and oxygen atoms in total. The highest BCUT2D eigenvalue weighted by atomic mass is 32.1. The largest absolute Gasteiger partial charge is 0.480 e. The van der Waals surface area contributed by atoms with Gasteiger partial charge in [0.1, 0.15) is 6.04 Å². The number of H-pyrrole nitrogens is 1. The minimum absolute atomic E-state index is 0.00916. The maximum absolute atomic E-state index is 12.9. The molecule has 18 heteroatoms. The first-order valence-corrected chi connectivity index (χ1v) is 14.4. The summed E-state index contributed by atoms with van der Waals surface area (Å²) < 4.78 is 0. The average Bonchev–Trinajstić information content (AvgIpc) is 3.72. The highest BCUT2D eigenvalue weighted by molar-refractivity contribution is 7.18. The summed E-state index contributed by atoms with van der Waals surface area (Å²) in [5, 5.41) is 29.7. The molecule has 45 heavy (non-hydrogen) atoms. The first-order valence-electron chi connectivity index (χ1n) is 13.6. The van der Waals surface area contributed by atoms with Gasteiger partial charge in [0.2, 0.25) is 11.8 Å². The van der Waals surface area contributed by atoms with E-state index in [4.69, 9.17) is 11.5 Å². The summed E-state index contributed by atoms with van der Waals surface area (Å²) in [7, 11) is 1.82. The fraction of sp³-hybridized carbons (Fsp3) is 0.259. The number of nitrogens with zero attached hydrogens (tertiary/aromatic N) is 8. The van der Waals surface area contributed by atoms with Gasteiger partial charge >= 0.3 is 5.97 Å². The predicted octanol–water partition coefficient (Wildman–Crippen LogP) is 1.16. The Bertz CT molecular complexity index is 1860. The number of hydrogen-bond donors (Lipinski definition) is 6. The second-order valence-electron chi connectivity index (χ2n) is 10.0. The Morgan fingerprint density at radius 1 is 1.11 bits per heavy atom. The van der Waals surface area contributed by atoms with Gasteiger partial charge in [0, 0.05) is 19.2 Å². The molecule has 5 aromatic rings. The summed E-state index contributed by atoms with van der Waals surface area (Å²) in [5.41, 5.74) is 14.5. The van der Waals surface area contributed by atoms with Crippen molar-refractivity contribution in [2.75, 3.05) is 30.0 Å². The molecule has 0 aliphatic heterocycles. The van der Waals surface area contributed by atoms with Crippen molar-refractivity contribution < 1.29 is 19.5 Å². The van der Waals surface area contributed by atoms with Crippen molar-refractivity contribution in [3.8, 4) is 11.4 Å². The number of tetrazole rings is 1. The zero-order valence-corrected chi connectivity index (χ0v) is 25.0. The summed E-state index contributed by atoms with van der Waals surface area (Å²) in [6, 6.07) is 7.47. The van der Waals surface area contributed by atoms with Gasteiger partial charge in [-0.1, -0.05) is 11.6 Å². The lowest BCUT2D eigenvalue weighted by Gasteiger charge is -2.17. The molecule has 232 valence electrons. The average molecular weight is 632 g/mol.